The van der Waals surface area contributed by atoms with E-state index >= 15 is 0 Å². The van der Waals surface area contributed by atoms with Crippen LogP contribution in [0.5, 0.6) is 0 Å². The van der Waals surface area contributed by atoms with Crippen molar-refractivity contribution in [3.63, 3.8) is 0 Å². The summed E-state index contributed by atoms with van der Waals surface area (Å²) in [5.74, 6) is 1.92. The van der Waals surface area contributed by atoms with E-state index in [0.29, 0.717) is 25.3 Å². The minimum Gasteiger partial charge on any atom is -0.355 e. The van der Waals surface area contributed by atoms with E-state index < -0.39 is 9.84 Å². The molecular weight excluding hydrogens is 286 g/mol. The molecule has 0 N–H and O–H groups in total. The van der Waals surface area contributed by atoms with Crippen LogP contribution in [0.4, 0.5) is 5.82 Å². The lowest BCUT2D eigenvalue weighted by molar-refractivity contribution is 0.597. The first kappa shape index (κ1) is 14.0. The molecule has 0 atom stereocenters. The van der Waals surface area contributed by atoms with Crippen LogP contribution in [-0.4, -0.2) is 43.0 Å². The normalized spacial score (nSPS) is 18.2. The maximum absolute atomic E-state index is 11.7. The smallest absolute Gasteiger partial charge is 0.161 e. The van der Waals surface area contributed by atoms with Crippen LogP contribution in [0.3, 0.4) is 0 Å². The molecule has 1 aromatic heterocycles. The molecule has 0 amide bonds. The summed E-state index contributed by atoms with van der Waals surface area (Å²) in [6.07, 6.45) is 2.37. The number of sulfone groups is 1. The fourth-order valence-electron chi connectivity index (χ4n) is 2.42. The van der Waals surface area contributed by atoms with E-state index in [1.165, 1.54) is 0 Å². The number of anilines is 1. The van der Waals surface area contributed by atoms with Crippen molar-refractivity contribution in [2.45, 2.75) is 6.42 Å². The summed E-state index contributed by atoms with van der Waals surface area (Å²) >= 11 is 0. The second-order valence-corrected chi connectivity index (χ2v) is 7.40. The van der Waals surface area contributed by atoms with Crippen molar-refractivity contribution in [2.75, 3.05) is 29.5 Å². The Kier molecular flexibility index (Phi) is 3.88. The zero-order valence-corrected chi connectivity index (χ0v) is 12.5. The number of rotatable bonds is 2. The molecule has 1 aromatic carbocycles. The first-order valence-electron chi connectivity index (χ1n) is 6.98. The molecule has 2 aromatic rings. The highest BCUT2D eigenvalue weighted by atomic mass is 32.2. The van der Waals surface area contributed by atoms with E-state index in [1.54, 1.807) is 6.20 Å². The van der Waals surface area contributed by atoms with Gasteiger partial charge in [-0.15, -0.1) is 0 Å². The highest BCUT2D eigenvalue weighted by Crippen LogP contribution is 2.19. The lowest BCUT2D eigenvalue weighted by Gasteiger charge is -2.20. The molecule has 1 aliphatic rings. The number of aromatic nitrogens is 2. The van der Waals surface area contributed by atoms with Gasteiger partial charge in [-0.25, -0.2) is 18.4 Å². The molecule has 110 valence electrons. The largest absolute Gasteiger partial charge is 0.355 e. The molecule has 3 rings (SSSR count). The average Bonchev–Trinajstić information content (AvgIpc) is 2.69. The number of hydrogen-bond acceptors (Lipinski definition) is 5. The average molecular weight is 303 g/mol. The van der Waals surface area contributed by atoms with Crippen molar-refractivity contribution in [3.8, 4) is 11.4 Å². The molecule has 0 spiro atoms. The number of hydrogen-bond donors (Lipinski definition) is 0. The molecule has 0 unspecified atom stereocenters. The number of benzene rings is 1. The Hall–Kier alpha value is -1.95. The molecule has 0 radical (unpaired) electrons. The Labute approximate surface area is 124 Å². The topological polar surface area (TPSA) is 63.2 Å². The molecule has 1 aliphatic heterocycles. The monoisotopic (exact) mass is 303 g/mol. The first-order chi connectivity index (χ1) is 10.1. The third-order valence-corrected chi connectivity index (χ3v) is 5.27. The van der Waals surface area contributed by atoms with Gasteiger partial charge in [-0.2, -0.15) is 0 Å². The van der Waals surface area contributed by atoms with Crippen LogP contribution < -0.4 is 4.90 Å². The second kappa shape index (κ2) is 5.81. The minimum atomic E-state index is -2.91. The van der Waals surface area contributed by atoms with Gasteiger partial charge in [-0.1, -0.05) is 30.3 Å². The van der Waals surface area contributed by atoms with Gasteiger partial charge >= 0.3 is 0 Å². The fraction of sp³-hybridized carbons (Fsp3) is 0.333. The van der Waals surface area contributed by atoms with Crippen molar-refractivity contribution in [1.82, 2.24) is 9.97 Å². The third kappa shape index (κ3) is 3.39. The van der Waals surface area contributed by atoms with Gasteiger partial charge in [0.2, 0.25) is 0 Å². The number of nitrogens with zero attached hydrogens (tertiary/aromatic N) is 3. The van der Waals surface area contributed by atoms with Gasteiger partial charge in [0.15, 0.2) is 15.7 Å². The van der Waals surface area contributed by atoms with Crippen molar-refractivity contribution in [2.24, 2.45) is 0 Å². The van der Waals surface area contributed by atoms with Crippen LogP contribution in [0, 0.1) is 0 Å². The summed E-state index contributed by atoms with van der Waals surface area (Å²) in [7, 11) is -2.91. The van der Waals surface area contributed by atoms with Crippen LogP contribution in [0.25, 0.3) is 11.4 Å². The molecule has 2 heterocycles. The van der Waals surface area contributed by atoms with Crippen LogP contribution in [0.1, 0.15) is 6.42 Å². The molecule has 0 bridgehead atoms. The van der Waals surface area contributed by atoms with Crippen LogP contribution in [-0.2, 0) is 9.84 Å². The third-order valence-electron chi connectivity index (χ3n) is 3.55. The molecule has 21 heavy (non-hydrogen) atoms. The summed E-state index contributed by atoms with van der Waals surface area (Å²) in [4.78, 5) is 10.9. The Morgan fingerprint density at radius 1 is 1.00 bits per heavy atom. The maximum Gasteiger partial charge on any atom is 0.161 e. The second-order valence-electron chi connectivity index (χ2n) is 5.10. The van der Waals surface area contributed by atoms with E-state index in [-0.39, 0.29) is 11.5 Å². The Bertz CT molecular complexity index is 717. The summed E-state index contributed by atoms with van der Waals surface area (Å²) in [6.45, 7) is 1.21. The van der Waals surface area contributed by atoms with Gasteiger partial charge in [0.1, 0.15) is 5.82 Å². The predicted octanol–water partition coefficient (Wildman–Crippen LogP) is 1.77. The summed E-state index contributed by atoms with van der Waals surface area (Å²) in [5, 5.41) is 0. The van der Waals surface area contributed by atoms with Gasteiger partial charge in [-0.3, -0.25) is 0 Å². The highest BCUT2D eigenvalue weighted by molar-refractivity contribution is 7.91. The molecule has 1 saturated heterocycles. The van der Waals surface area contributed by atoms with Crippen molar-refractivity contribution >= 4 is 15.7 Å². The maximum atomic E-state index is 11.7. The van der Waals surface area contributed by atoms with Crippen LogP contribution in [0.15, 0.2) is 42.6 Å². The standard InChI is InChI=1S/C15H17N3O2S/c19-21(20)11-4-9-18(10-12-21)14-7-8-16-15(17-14)13-5-2-1-3-6-13/h1-3,5-8H,4,9-12H2. The van der Waals surface area contributed by atoms with E-state index in [9.17, 15) is 8.42 Å². The van der Waals surface area contributed by atoms with E-state index in [4.69, 9.17) is 0 Å². The van der Waals surface area contributed by atoms with Gasteiger partial charge in [0, 0.05) is 24.8 Å². The van der Waals surface area contributed by atoms with Crippen LogP contribution >= 0.6 is 0 Å². The molecule has 0 saturated carbocycles. The lowest BCUT2D eigenvalue weighted by atomic mass is 10.2. The van der Waals surface area contributed by atoms with Crippen LogP contribution in [0.2, 0.25) is 0 Å². The lowest BCUT2D eigenvalue weighted by Crippen LogP contribution is -2.27. The SMILES string of the molecule is O=S1(=O)CCCN(c2ccnc(-c3ccccc3)n2)CC1. The zero-order chi connectivity index (χ0) is 14.7. The van der Waals surface area contributed by atoms with E-state index in [0.717, 1.165) is 11.4 Å². The van der Waals surface area contributed by atoms with Gasteiger partial charge < -0.3 is 4.90 Å². The fourth-order valence-corrected chi connectivity index (χ4v) is 3.69. The van der Waals surface area contributed by atoms with Crippen molar-refractivity contribution in [1.29, 1.82) is 0 Å². The zero-order valence-electron chi connectivity index (χ0n) is 11.6. The van der Waals surface area contributed by atoms with Crippen molar-refractivity contribution < 1.29 is 8.42 Å². The summed E-state index contributed by atoms with van der Waals surface area (Å²) < 4.78 is 23.4. The molecular formula is C15H17N3O2S. The Morgan fingerprint density at radius 3 is 2.62 bits per heavy atom. The molecule has 0 aliphatic carbocycles. The molecule has 5 nitrogen and oxygen atoms in total. The first-order valence-corrected chi connectivity index (χ1v) is 8.80. The quantitative estimate of drug-likeness (QED) is 0.846. The van der Waals surface area contributed by atoms with E-state index in [2.05, 4.69) is 9.97 Å². The highest BCUT2D eigenvalue weighted by Gasteiger charge is 2.20. The van der Waals surface area contributed by atoms with Crippen molar-refractivity contribution in [3.05, 3.63) is 42.6 Å². The molecule has 1 fully saturated rings. The van der Waals surface area contributed by atoms with Gasteiger partial charge in [-0.05, 0) is 12.5 Å². The molecule has 6 heteroatoms. The van der Waals surface area contributed by atoms with Gasteiger partial charge in [0.25, 0.3) is 0 Å². The van der Waals surface area contributed by atoms with E-state index in [1.807, 2.05) is 41.3 Å². The Morgan fingerprint density at radius 2 is 1.81 bits per heavy atom. The minimum absolute atomic E-state index is 0.192. The van der Waals surface area contributed by atoms with Gasteiger partial charge in [0.05, 0.1) is 11.5 Å². The predicted molar refractivity (Wildman–Crippen MR) is 83.0 cm³/mol. The summed E-state index contributed by atoms with van der Waals surface area (Å²) in [5.41, 5.74) is 0.960. The Balaban J connectivity index is 1.86. The summed E-state index contributed by atoms with van der Waals surface area (Å²) in [6, 6.07) is 11.6.